The van der Waals surface area contributed by atoms with Gasteiger partial charge >= 0.3 is 0 Å². The van der Waals surface area contributed by atoms with Gasteiger partial charge in [0, 0.05) is 22.3 Å². The predicted molar refractivity (Wildman–Crippen MR) is 96.3 cm³/mol. The third-order valence-corrected chi connectivity index (χ3v) is 5.03. The maximum atomic E-state index is 12.4. The van der Waals surface area contributed by atoms with Crippen molar-refractivity contribution in [3.63, 3.8) is 0 Å². The van der Waals surface area contributed by atoms with Gasteiger partial charge in [0.2, 0.25) is 5.88 Å². The SMILES string of the molecule is COc1ccc(-c2cccc(NS(=O)(=O)c3ccc(Cl)cc3)c2)nn1. The minimum atomic E-state index is -3.70. The van der Waals surface area contributed by atoms with Crippen molar-refractivity contribution >= 4 is 27.3 Å². The first-order valence-corrected chi connectivity index (χ1v) is 9.10. The van der Waals surface area contributed by atoms with Gasteiger partial charge in [0.25, 0.3) is 10.0 Å². The number of methoxy groups -OCH3 is 1. The molecule has 0 unspecified atom stereocenters. The van der Waals surface area contributed by atoms with Gasteiger partial charge in [-0.3, -0.25) is 4.72 Å². The standard InChI is InChI=1S/C17H14ClN3O3S/c1-24-17-10-9-16(19-20-17)12-3-2-4-14(11-12)21-25(22,23)15-7-5-13(18)6-8-15/h2-11,21H,1H3. The molecule has 0 fully saturated rings. The number of nitrogens with one attached hydrogen (secondary N) is 1. The number of hydrogen-bond acceptors (Lipinski definition) is 5. The molecule has 1 aromatic heterocycles. The molecule has 0 spiro atoms. The summed E-state index contributed by atoms with van der Waals surface area (Å²) in [6.45, 7) is 0. The van der Waals surface area contributed by atoms with Crippen LogP contribution in [0.5, 0.6) is 5.88 Å². The molecule has 8 heteroatoms. The van der Waals surface area contributed by atoms with Crippen molar-refractivity contribution in [2.45, 2.75) is 4.90 Å². The number of anilines is 1. The molecule has 2 aromatic carbocycles. The molecule has 3 aromatic rings. The van der Waals surface area contributed by atoms with E-state index in [0.717, 1.165) is 5.56 Å². The van der Waals surface area contributed by atoms with E-state index >= 15 is 0 Å². The molecule has 1 N–H and O–H groups in total. The number of halogens is 1. The van der Waals surface area contributed by atoms with Crippen LogP contribution in [0, 0.1) is 0 Å². The first-order chi connectivity index (χ1) is 12.0. The summed E-state index contributed by atoms with van der Waals surface area (Å²) in [6.07, 6.45) is 0. The molecule has 0 aliphatic carbocycles. The van der Waals surface area contributed by atoms with Crippen LogP contribution in [-0.4, -0.2) is 25.7 Å². The van der Waals surface area contributed by atoms with Crippen LogP contribution in [-0.2, 0) is 10.0 Å². The predicted octanol–water partition coefficient (Wildman–Crippen LogP) is 3.61. The number of ether oxygens (including phenoxy) is 1. The van der Waals surface area contributed by atoms with E-state index in [1.54, 1.807) is 30.3 Å². The highest BCUT2D eigenvalue weighted by Crippen LogP contribution is 2.24. The molecule has 0 aliphatic rings. The van der Waals surface area contributed by atoms with Gasteiger partial charge in [0.05, 0.1) is 17.7 Å². The van der Waals surface area contributed by atoms with Crippen molar-refractivity contribution in [1.29, 1.82) is 0 Å². The molecule has 128 valence electrons. The lowest BCUT2D eigenvalue weighted by Crippen LogP contribution is -2.12. The Morgan fingerprint density at radius 3 is 2.40 bits per heavy atom. The molecule has 0 saturated carbocycles. The van der Waals surface area contributed by atoms with E-state index in [2.05, 4.69) is 14.9 Å². The second-order valence-corrected chi connectivity index (χ2v) is 7.22. The van der Waals surface area contributed by atoms with Crippen LogP contribution in [0.1, 0.15) is 0 Å². The highest BCUT2D eigenvalue weighted by molar-refractivity contribution is 7.92. The number of nitrogens with zero attached hydrogens (tertiary/aromatic N) is 2. The Bertz CT molecular complexity index is 975. The van der Waals surface area contributed by atoms with Crippen LogP contribution < -0.4 is 9.46 Å². The monoisotopic (exact) mass is 375 g/mol. The van der Waals surface area contributed by atoms with Crippen molar-refractivity contribution in [3.8, 4) is 17.1 Å². The lowest BCUT2D eigenvalue weighted by Gasteiger charge is -2.09. The second kappa shape index (κ2) is 7.08. The van der Waals surface area contributed by atoms with Crippen LogP contribution in [0.15, 0.2) is 65.6 Å². The third kappa shape index (κ3) is 4.07. The van der Waals surface area contributed by atoms with Gasteiger partial charge < -0.3 is 4.74 Å². The Kier molecular flexibility index (Phi) is 4.87. The zero-order chi connectivity index (χ0) is 17.9. The number of sulfonamides is 1. The van der Waals surface area contributed by atoms with E-state index < -0.39 is 10.0 Å². The van der Waals surface area contributed by atoms with E-state index in [4.69, 9.17) is 16.3 Å². The van der Waals surface area contributed by atoms with Crippen LogP contribution in [0.2, 0.25) is 5.02 Å². The van der Waals surface area contributed by atoms with Gasteiger partial charge in [-0.05, 0) is 42.5 Å². The van der Waals surface area contributed by atoms with Crippen molar-refractivity contribution < 1.29 is 13.2 Å². The van der Waals surface area contributed by atoms with Gasteiger partial charge in [0.1, 0.15) is 0 Å². The molecule has 0 bridgehead atoms. The molecular formula is C17H14ClN3O3S. The molecule has 0 atom stereocenters. The fourth-order valence-corrected chi connectivity index (χ4v) is 3.33. The summed E-state index contributed by atoms with van der Waals surface area (Å²) in [6, 6.07) is 16.3. The summed E-state index contributed by atoms with van der Waals surface area (Å²) in [4.78, 5) is 0.131. The fourth-order valence-electron chi connectivity index (χ4n) is 2.15. The smallest absolute Gasteiger partial charge is 0.261 e. The lowest BCUT2D eigenvalue weighted by molar-refractivity contribution is 0.392. The fraction of sp³-hybridized carbons (Fsp3) is 0.0588. The molecule has 0 saturated heterocycles. The first-order valence-electron chi connectivity index (χ1n) is 7.24. The molecule has 0 amide bonds. The molecule has 0 radical (unpaired) electrons. The average molecular weight is 376 g/mol. The van der Waals surface area contributed by atoms with Crippen LogP contribution in [0.3, 0.4) is 0 Å². The minimum Gasteiger partial charge on any atom is -0.480 e. The Morgan fingerprint density at radius 1 is 1.00 bits per heavy atom. The Morgan fingerprint density at radius 2 is 1.76 bits per heavy atom. The second-order valence-electron chi connectivity index (χ2n) is 5.10. The highest BCUT2D eigenvalue weighted by atomic mass is 35.5. The maximum absolute atomic E-state index is 12.4. The van der Waals surface area contributed by atoms with Crippen LogP contribution in [0.4, 0.5) is 5.69 Å². The van der Waals surface area contributed by atoms with Gasteiger partial charge in [-0.1, -0.05) is 23.7 Å². The Hall–Kier alpha value is -2.64. The summed E-state index contributed by atoms with van der Waals surface area (Å²) < 4.78 is 32.4. The first kappa shape index (κ1) is 17.2. The summed E-state index contributed by atoms with van der Waals surface area (Å²) in [5.74, 6) is 0.406. The van der Waals surface area contributed by atoms with E-state index in [9.17, 15) is 8.42 Å². The van der Waals surface area contributed by atoms with Gasteiger partial charge in [-0.2, -0.15) is 0 Å². The van der Waals surface area contributed by atoms with Crippen LogP contribution in [0.25, 0.3) is 11.3 Å². The van der Waals surface area contributed by atoms with Crippen molar-refractivity contribution in [3.05, 3.63) is 65.7 Å². The number of rotatable bonds is 5. The molecule has 6 nitrogen and oxygen atoms in total. The van der Waals surface area contributed by atoms with Gasteiger partial charge in [-0.15, -0.1) is 10.2 Å². The molecule has 25 heavy (non-hydrogen) atoms. The lowest BCUT2D eigenvalue weighted by atomic mass is 10.1. The summed E-state index contributed by atoms with van der Waals surface area (Å²) in [5, 5.41) is 8.44. The van der Waals surface area contributed by atoms with Gasteiger partial charge in [0.15, 0.2) is 0 Å². The molecule has 3 rings (SSSR count). The van der Waals surface area contributed by atoms with E-state index in [1.807, 2.05) is 6.07 Å². The quantitative estimate of drug-likeness (QED) is 0.736. The van der Waals surface area contributed by atoms with Crippen LogP contribution >= 0.6 is 11.6 Å². The van der Waals surface area contributed by atoms with E-state index in [-0.39, 0.29) is 4.90 Å². The zero-order valence-corrected chi connectivity index (χ0v) is 14.8. The normalized spacial score (nSPS) is 11.1. The summed E-state index contributed by atoms with van der Waals surface area (Å²) >= 11 is 5.80. The average Bonchev–Trinajstić information content (AvgIpc) is 2.62. The van der Waals surface area contributed by atoms with Gasteiger partial charge in [-0.25, -0.2) is 8.42 Å². The van der Waals surface area contributed by atoms with Crippen molar-refractivity contribution in [2.75, 3.05) is 11.8 Å². The van der Waals surface area contributed by atoms with Crippen molar-refractivity contribution in [2.24, 2.45) is 0 Å². The Labute approximate surface area is 150 Å². The summed E-state index contributed by atoms with van der Waals surface area (Å²) in [7, 11) is -2.19. The molecular weight excluding hydrogens is 362 g/mol. The third-order valence-electron chi connectivity index (χ3n) is 3.38. The number of aromatic nitrogens is 2. The Balaban J connectivity index is 1.87. The zero-order valence-electron chi connectivity index (χ0n) is 13.2. The minimum absolute atomic E-state index is 0.131. The molecule has 1 heterocycles. The number of benzene rings is 2. The maximum Gasteiger partial charge on any atom is 0.261 e. The van der Waals surface area contributed by atoms with E-state index in [1.165, 1.54) is 31.4 Å². The summed E-state index contributed by atoms with van der Waals surface area (Å²) in [5.41, 5.74) is 1.75. The highest BCUT2D eigenvalue weighted by Gasteiger charge is 2.14. The topological polar surface area (TPSA) is 81.2 Å². The number of hydrogen-bond donors (Lipinski definition) is 1. The van der Waals surface area contributed by atoms with E-state index in [0.29, 0.717) is 22.3 Å². The van der Waals surface area contributed by atoms with Crippen molar-refractivity contribution in [1.82, 2.24) is 10.2 Å². The largest absolute Gasteiger partial charge is 0.480 e. The molecule has 0 aliphatic heterocycles.